The van der Waals surface area contributed by atoms with Crippen LogP contribution in [0.15, 0.2) is 5.16 Å². The first-order valence-electron chi connectivity index (χ1n) is 3.31. The summed E-state index contributed by atoms with van der Waals surface area (Å²) in [6.07, 6.45) is 0. The number of oxime groups is 1. The average molecular weight is 284 g/mol. The van der Waals surface area contributed by atoms with Crippen LogP contribution in [0.3, 0.4) is 0 Å². The largest absolute Gasteiger partial charge is 1.00 e. The zero-order valence-corrected chi connectivity index (χ0v) is 9.44. The molecule has 5 nitrogen and oxygen atoms in total. The molecule has 2 N–H and O–H groups in total. The molecule has 0 unspecified atom stereocenters. The summed E-state index contributed by atoms with van der Waals surface area (Å²) < 4.78 is 0. The van der Waals surface area contributed by atoms with Crippen molar-refractivity contribution in [3.8, 4) is 0 Å². The van der Waals surface area contributed by atoms with Gasteiger partial charge in [0.2, 0.25) is 0 Å². The van der Waals surface area contributed by atoms with Gasteiger partial charge in [0.05, 0.1) is 17.3 Å². The van der Waals surface area contributed by atoms with E-state index in [0.29, 0.717) is 5.71 Å². The molecular formula is C7H14AgNO4. The van der Waals surface area contributed by atoms with Gasteiger partial charge in [-0.2, -0.15) is 0 Å². The minimum atomic E-state index is -1.69. The van der Waals surface area contributed by atoms with E-state index in [4.69, 9.17) is 10.3 Å². The minimum Gasteiger partial charge on any atom is -0.547 e. The van der Waals surface area contributed by atoms with Crippen LogP contribution >= 0.6 is 0 Å². The molecule has 0 aliphatic rings. The number of carbonyl (C=O) groups excluding carboxylic acids is 1. The number of aliphatic hydroxyl groups is 1. The normalized spacial score (nSPS) is 8.69. The van der Waals surface area contributed by atoms with Crippen molar-refractivity contribution < 1.29 is 42.6 Å². The fourth-order valence-electron chi connectivity index (χ4n) is 0. The minimum absolute atomic E-state index is 0. The van der Waals surface area contributed by atoms with Gasteiger partial charge < -0.3 is 20.2 Å². The van der Waals surface area contributed by atoms with Gasteiger partial charge in [0.1, 0.15) is 0 Å². The van der Waals surface area contributed by atoms with E-state index >= 15 is 0 Å². The van der Waals surface area contributed by atoms with Crippen molar-refractivity contribution in [2.75, 3.05) is 0 Å². The molecular weight excluding hydrogens is 270 g/mol. The molecule has 82 valence electrons. The zero-order chi connectivity index (χ0) is 10.4. The molecule has 0 rings (SSSR count). The molecule has 13 heavy (non-hydrogen) atoms. The molecule has 0 aliphatic carbocycles. The Bertz CT molecular complexity index is 170. The molecule has 0 saturated carbocycles. The van der Waals surface area contributed by atoms with Gasteiger partial charge >= 0.3 is 22.4 Å². The quantitative estimate of drug-likeness (QED) is 0.290. The summed E-state index contributed by atoms with van der Waals surface area (Å²) in [6, 6.07) is 0. The summed E-state index contributed by atoms with van der Waals surface area (Å²) in [5.41, 5.74) is -1.01. The number of hydrogen-bond acceptors (Lipinski definition) is 5. The van der Waals surface area contributed by atoms with Crippen molar-refractivity contribution in [2.24, 2.45) is 5.16 Å². The van der Waals surface area contributed by atoms with Crippen LogP contribution in [0.25, 0.3) is 0 Å². The summed E-state index contributed by atoms with van der Waals surface area (Å²) in [5.74, 6) is -1.45. The Hall–Kier alpha value is -0.360. The van der Waals surface area contributed by atoms with E-state index in [1.807, 2.05) is 0 Å². The molecule has 0 aromatic carbocycles. The van der Waals surface area contributed by atoms with E-state index < -0.39 is 11.6 Å². The third-order valence-electron chi connectivity index (χ3n) is 0.700. The van der Waals surface area contributed by atoms with E-state index in [2.05, 4.69) is 5.16 Å². The monoisotopic (exact) mass is 283 g/mol. The first-order valence-corrected chi connectivity index (χ1v) is 3.31. The average Bonchev–Trinajstić information content (AvgIpc) is 1.87. The van der Waals surface area contributed by atoms with Gasteiger partial charge in [-0.25, -0.2) is 0 Å². The summed E-state index contributed by atoms with van der Waals surface area (Å²) in [5, 5.41) is 28.6. The summed E-state index contributed by atoms with van der Waals surface area (Å²) in [7, 11) is 0. The molecule has 0 aromatic rings. The maximum absolute atomic E-state index is 9.66. The molecule has 0 aromatic heterocycles. The number of carboxylic acid groups (broad SMARTS) is 1. The molecule has 0 aliphatic heterocycles. The molecule has 0 heterocycles. The Morgan fingerprint density at radius 1 is 1.38 bits per heavy atom. The van der Waals surface area contributed by atoms with Crippen LogP contribution in [0.1, 0.15) is 27.7 Å². The predicted octanol–water partition coefficient (Wildman–Crippen LogP) is -0.639. The maximum Gasteiger partial charge on any atom is 1.00 e. The van der Waals surface area contributed by atoms with Crippen molar-refractivity contribution in [1.29, 1.82) is 0 Å². The Balaban J connectivity index is -0.000000150. The Morgan fingerprint density at radius 3 is 1.54 bits per heavy atom. The van der Waals surface area contributed by atoms with Crippen molar-refractivity contribution in [3.63, 3.8) is 0 Å². The number of aliphatic carboxylic acids is 1. The van der Waals surface area contributed by atoms with E-state index in [-0.39, 0.29) is 22.4 Å². The molecule has 0 saturated heterocycles. The zero-order valence-electron chi connectivity index (χ0n) is 7.96. The smallest absolute Gasteiger partial charge is 0.547 e. The third-order valence-corrected chi connectivity index (χ3v) is 0.700. The summed E-state index contributed by atoms with van der Waals surface area (Å²) in [4.78, 5) is 9.66. The fourth-order valence-corrected chi connectivity index (χ4v) is 0. The van der Waals surface area contributed by atoms with Gasteiger partial charge in [0, 0.05) is 0 Å². The molecule has 0 bridgehead atoms. The second-order valence-corrected chi connectivity index (χ2v) is 2.89. The molecule has 6 heteroatoms. The number of hydrogen-bond donors (Lipinski definition) is 2. The molecule has 0 spiro atoms. The number of carboxylic acids is 1. The first kappa shape index (κ1) is 18.4. The van der Waals surface area contributed by atoms with Crippen LogP contribution in [-0.4, -0.2) is 27.6 Å². The second-order valence-electron chi connectivity index (χ2n) is 2.89. The number of carbonyl (C=O) groups is 1. The first-order chi connectivity index (χ1) is 5.21. The van der Waals surface area contributed by atoms with Crippen molar-refractivity contribution >= 4 is 11.7 Å². The van der Waals surface area contributed by atoms with Gasteiger partial charge in [-0.05, 0) is 27.7 Å². The molecule has 0 radical (unpaired) electrons. The SMILES string of the molecule is CC(C)(O)C(=O)[O-].CC(C)=NO.[Ag+]. The molecule has 0 atom stereocenters. The molecule has 0 fully saturated rings. The summed E-state index contributed by atoms with van der Waals surface area (Å²) in [6.45, 7) is 5.75. The Labute approximate surface area is 93.0 Å². The van der Waals surface area contributed by atoms with Gasteiger partial charge in [-0.1, -0.05) is 5.16 Å². The van der Waals surface area contributed by atoms with E-state index in [0.717, 1.165) is 13.8 Å². The summed E-state index contributed by atoms with van der Waals surface area (Å²) >= 11 is 0. The van der Waals surface area contributed by atoms with Crippen LogP contribution in [0.5, 0.6) is 0 Å². The van der Waals surface area contributed by atoms with Crippen LogP contribution in [0.4, 0.5) is 0 Å². The van der Waals surface area contributed by atoms with E-state index in [1.165, 1.54) is 0 Å². The van der Waals surface area contributed by atoms with Crippen molar-refractivity contribution in [2.45, 2.75) is 33.3 Å². The number of rotatable bonds is 1. The third kappa shape index (κ3) is 18.5. The Kier molecular flexibility index (Phi) is 11.7. The second kappa shape index (κ2) is 8.25. The Morgan fingerprint density at radius 2 is 1.54 bits per heavy atom. The van der Waals surface area contributed by atoms with Crippen molar-refractivity contribution in [3.05, 3.63) is 0 Å². The maximum atomic E-state index is 9.66. The topological polar surface area (TPSA) is 93.0 Å². The standard InChI is InChI=1S/C4H8O3.C3H7NO.Ag/c1-4(2,7)3(5)6;1-3(2)4-5;/h7H,1-2H3,(H,5,6);5H,1-2H3;/q;;+1/p-1. The van der Waals surface area contributed by atoms with Crippen LogP contribution in [0, 0.1) is 0 Å². The van der Waals surface area contributed by atoms with Crippen molar-refractivity contribution in [1.82, 2.24) is 0 Å². The fraction of sp³-hybridized carbons (Fsp3) is 0.714. The van der Waals surface area contributed by atoms with Gasteiger partial charge in [0.15, 0.2) is 0 Å². The number of nitrogens with zero attached hydrogens (tertiary/aromatic N) is 1. The van der Waals surface area contributed by atoms with Gasteiger partial charge in [-0.3, -0.25) is 0 Å². The van der Waals surface area contributed by atoms with Crippen LogP contribution in [-0.2, 0) is 27.2 Å². The predicted molar refractivity (Wildman–Crippen MR) is 41.9 cm³/mol. The van der Waals surface area contributed by atoms with E-state index in [1.54, 1.807) is 13.8 Å². The van der Waals surface area contributed by atoms with E-state index in [9.17, 15) is 9.90 Å². The van der Waals surface area contributed by atoms with Crippen LogP contribution in [0.2, 0.25) is 0 Å². The van der Waals surface area contributed by atoms with Gasteiger partial charge in [0.25, 0.3) is 0 Å². The van der Waals surface area contributed by atoms with Gasteiger partial charge in [-0.15, -0.1) is 0 Å². The van der Waals surface area contributed by atoms with Crippen LogP contribution < -0.4 is 5.11 Å². The molecule has 0 amide bonds.